The summed E-state index contributed by atoms with van der Waals surface area (Å²) < 4.78 is 0. The molecule has 0 aromatic carbocycles. The molecule has 4 heteroatoms. The summed E-state index contributed by atoms with van der Waals surface area (Å²) in [5.41, 5.74) is 5.23. The molecule has 2 aliphatic rings. The van der Waals surface area contributed by atoms with Crippen LogP contribution in [0.3, 0.4) is 0 Å². The molecule has 3 N–H and O–H groups in total. The van der Waals surface area contributed by atoms with E-state index in [1.807, 2.05) is 0 Å². The minimum absolute atomic E-state index is 0.196. The van der Waals surface area contributed by atoms with E-state index in [1.165, 1.54) is 12.8 Å². The first-order chi connectivity index (χ1) is 6.27. The van der Waals surface area contributed by atoms with Gasteiger partial charge in [0.25, 0.3) is 0 Å². The van der Waals surface area contributed by atoms with E-state index < -0.39 is 0 Å². The maximum Gasteiger partial charge on any atom is 0.231 e. The highest BCUT2D eigenvalue weighted by Gasteiger charge is 2.35. The highest BCUT2D eigenvalue weighted by atomic mass is 16.1. The second-order valence-electron chi connectivity index (χ2n) is 4.02. The molecule has 74 valence electrons. The normalized spacial score (nSPS) is 34.5. The first kappa shape index (κ1) is 8.97. The van der Waals surface area contributed by atoms with Crippen LogP contribution in [0.15, 0.2) is 0 Å². The van der Waals surface area contributed by atoms with Crippen molar-refractivity contribution in [2.45, 2.75) is 31.3 Å². The van der Waals surface area contributed by atoms with E-state index >= 15 is 0 Å². The predicted molar refractivity (Wildman–Crippen MR) is 50.2 cm³/mol. The molecule has 2 rings (SSSR count). The fourth-order valence-electron chi connectivity index (χ4n) is 2.52. The molecular formula is C9H17N3O. The third kappa shape index (κ3) is 1.84. The van der Waals surface area contributed by atoms with Crippen LogP contribution >= 0.6 is 0 Å². The highest BCUT2D eigenvalue weighted by Crippen LogP contribution is 2.26. The van der Waals surface area contributed by atoms with Crippen molar-refractivity contribution >= 4 is 5.91 Å². The maximum absolute atomic E-state index is 10.9. The molecule has 2 aliphatic heterocycles. The zero-order valence-electron chi connectivity index (χ0n) is 7.83. The molecule has 2 atom stereocenters. The van der Waals surface area contributed by atoms with Crippen LogP contribution in [0.4, 0.5) is 0 Å². The lowest BCUT2D eigenvalue weighted by Gasteiger charge is -2.25. The van der Waals surface area contributed by atoms with Gasteiger partial charge in [0.2, 0.25) is 5.91 Å². The number of amides is 1. The molecule has 2 bridgehead atoms. The van der Waals surface area contributed by atoms with E-state index in [4.69, 9.17) is 5.73 Å². The molecule has 2 fully saturated rings. The Hall–Kier alpha value is -0.610. The van der Waals surface area contributed by atoms with Crippen LogP contribution in [-0.2, 0) is 4.79 Å². The van der Waals surface area contributed by atoms with Gasteiger partial charge in [0.1, 0.15) is 0 Å². The van der Waals surface area contributed by atoms with Gasteiger partial charge in [0.15, 0.2) is 0 Å². The first-order valence-corrected chi connectivity index (χ1v) is 5.02. The summed E-state index contributed by atoms with van der Waals surface area (Å²) in [7, 11) is 0. The van der Waals surface area contributed by atoms with E-state index in [1.54, 1.807) is 0 Å². The lowest BCUT2D eigenvalue weighted by Crippen LogP contribution is -2.43. The van der Waals surface area contributed by atoms with Gasteiger partial charge in [-0.3, -0.25) is 9.69 Å². The average molecular weight is 183 g/mol. The van der Waals surface area contributed by atoms with Crippen molar-refractivity contribution in [3.63, 3.8) is 0 Å². The molecule has 0 saturated carbocycles. The topological polar surface area (TPSA) is 58.4 Å². The second kappa shape index (κ2) is 3.64. The Morgan fingerprint density at radius 3 is 2.92 bits per heavy atom. The van der Waals surface area contributed by atoms with Crippen LogP contribution in [0, 0.1) is 0 Å². The minimum Gasteiger partial charge on any atom is -0.369 e. The number of carbonyl (C=O) groups is 1. The van der Waals surface area contributed by atoms with Gasteiger partial charge in [0, 0.05) is 18.6 Å². The number of rotatable bonds is 2. The fraction of sp³-hybridized carbons (Fsp3) is 0.889. The third-order valence-corrected chi connectivity index (χ3v) is 3.14. The van der Waals surface area contributed by atoms with Crippen molar-refractivity contribution in [3.05, 3.63) is 0 Å². The van der Waals surface area contributed by atoms with Gasteiger partial charge in [-0.1, -0.05) is 0 Å². The van der Waals surface area contributed by atoms with E-state index in [9.17, 15) is 4.79 Å². The van der Waals surface area contributed by atoms with Crippen LogP contribution < -0.4 is 11.1 Å². The summed E-state index contributed by atoms with van der Waals surface area (Å²) in [5.74, 6) is -0.196. The molecule has 4 nitrogen and oxygen atoms in total. The van der Waals surface area contributed by atoms with Gasteiger partial charge < -0.3 is 11.1 Å². The Bertz CT molecular complexity index is 193. The van der Waals surface area contributed by atoms with Crippen LogP contribution in [-0.4, -0.2) is 42.5 Å². The second-order valence-corrected chi connectivity index (χ2v) is 4.02. The van der Waals surface area contributed by atoms with Gasteiger partial charge in [-0.05, 0) is 25.8 Å². The van der Waals surface area contributed by atoms with E-state index in [2.05, 4.69) is 10.2 Å². The van der Waals surface area contributed by atoms with E-state index in [0.29, 0.717) is 18.6 Å². The Morgan fingerprint density at radius 2 is 2.15 bits per heavy atom. The van der Waals surface area contributed by atoms with Crippen molar-refractivity contribution in [2.75, 3.05) is 19.6 Å². The Labute approximate surface area is 78.5 Å². The number of nitrogens with zero attached hydrogens (tertiary/aromatic N) is 1. The third-order valence-electron chi connectivity index (χ3n) is 3.14. The summed E-state index contributed by atoms with van der Waals surface area (Å²) in [6.07, 6.45) is 3.61. The van der Waals surface area contributed by atoms with Crippen molar-refractivity contribution in [1.29, 1.82) is 0 Å². The Kier molecular flexibility index (Phi) is 2.51. The molecule has 2 saturated heterocycles. The number of nitrogens with two attached hydrogens (primary N) is 1. The highest BCUT2D eigenvalue weighted by molar-refractivity contribution is 5.76. The average Bonchev–Trinajstić information content (AvgIpc) is 2.24. The summed E-state index contributed by atoms with van der Waals surface area (Å²) in [4.78, 5) is 13.1. The summed E-state index contributed by atoms with van der Waals surface area (Å²) in [6.45, 7) is 2.54. The predicted octanol–water partition coefficient (Wildman–Crippen LogP) is -0.702. The quantitative estimate of drug-likeness (QED) is 0.595. The van der Waals surface area contributed by atoms with Gasteiger partial charge >= 0.3 is 0 Å². The first-order valence-electron chi connectivity index (χ1n) is 5.02. The molecule has 0 spiro atoms. The minimum atomic E-state index is -0.196. The summed E-state index contributed by atoms with van der Waals surface area (Å²) >= 11 is 0. The molecule has 0 aliphatic carbocycles. The SMILES string of the molecule is NC(=O)CN1[C@H]2CCNC[C@@H]1CC2. The molecule has 1 amide bonds. The largest absolute Gasteiger partial charge is 0.369 e. The standard InChI is InChI=1S/C9H17N3O/c10-9(13)6-12-7-1-2-8(12)5-11-4-3-7/h7-8,11H,1-6H2,(H2,10,13)/t7-,8+/m1/s1. The van der Waals surface area contributed by atoms with Crippen LogP contribution in [0.5, 0.6) is 0 Å². The van der Waals surface area contributed by atoms with Gasteiger partial charge in [-0.2, -0.15) is 0 Å². The number of hydrogen-bond donors (Lipinski definition) is 2. The monoisotopic (exact) mass is 183 g/mol. The van der Waals surface area contributed by atoms with Gasteiger partial charge in [0.05, 0.1) is 6.54 Å². The van der Waals surface area contributed by atoms with Crippen molar-refractivity contribution in [3.8, 4) is 0 Å². The smallest absolute Gasteiger partial charge is 0.231 e. The number of primary amides is 1. The molecule has 0 radical (unpaired) electrons. The Morgan fingerprint density at radius 1 is 1.38 bits per heavy atom. The number of hydrogen-bond acceptors (Lipinski definition) is 3. The molecule has 0 aromatic rings. The fourth-order valence-corrected chi connectivity index (χ4v) is 2.52. The number of carbonyl (C=O) groups excluding carboxylic acids is 1. The lowest BCUT2D eigenvalue weighted by molar-refractivity contribution is -0.119. The summed E-state index contributed by atoms with van der Waals surface area (Å²) in [5, 5.41) is 3.39. The Balaban J connectivity index is 2.03. The molecule has 0 aromatic heterocycles. The van der Waals surface area contributed by atoms with Crippen molar-refractivity contribution < 1.29 is 4.79 Å². The maximum atomic E-state index is 10.9. The van der Waals surface area contributed by atoms with Gasteiger partial charge in [-0.15, -0.1) is 0 Å². The van der Waals surface area contributed by atoms with Crippen LogP contribution in [0.1, 0.15) is 19.3 Å². The molecule has 0 unspecified atom stereocenters. The lowest BCUT2D eigenvalue weighted by atomic mass is 10.1. The molecule has 2 heterocycles. The van der Waals surface area contributed by atoms with Gasteiger partial charge in [-0.25, -0.2) is 0 Å². The van der Waals surface area contributed by atoms with Crippen molar-refractivity contribution in [2.24, 2.45) is 5.73 Å². The molecule has 13 heavy (non-hydrogen) atoms. The number of fused-ring (bicyclic) bond motifs is 2. The molecular weight excluding hydrogens is 166 g/mol. The van der Waals surface area contributed by atoms with Crippen LogP contribution in [0.2, 0.25) is 0 Å². The van der Waals surface area contributed by atoms with E-state index in [0.717, 1.165) is 19.5 Å². The van der Waals surface area contributed by atoms with Crippen molar-refractivity contribution in [1.82, 2.24) is 10.2 Å². The number of nitrogens with one attached hydrogen (secondary N) is 1. The zero-order valence-corrected chi connectivity index (χ0v) is 7.83. The van der Waals surface area contributed by atoms with E-state index in [-0.39, 0.29) is 5.91 Å². The van der Waals surface area contributed by atoms with Crippen LogP contribution in [0.25, 0.3) is 0 Å². The summed E-state index contributed by atoms with van der Waals surface area (Å²) in [6, 6.07) is 1.13. The zero-order chi connectivity index (χ0) is 9.26.